The molecule has 0 radical (unpaired) electrons. The van der Waals surface area contributed by atoms with Gasteiger partial charge in [0.2, 0.25) is 6.79 Å². The molecule has 1 aliphatic rings. The van der Waals surface area contributed by atoms with Crippen molar-refractivity contribution in [1.82, 2.24) is 4.98 Å². The molecule has 0 fully saturated rings. The summed E-state index contributed by atoms with van der Waals surface area (Å²) in [5, 5.41) is 1.15. The molecule has 0 amide bonds. The van der Waals surface area contributed by atoms with Crippen LogP contribution in [0.15, 0.2) is 12.1 Å². The van der Waals surface area contributed by atoms with Gasteiger partial charge in [-0.2, -0.15) is 0 Å². The van der Waals surface area contributed by atoms with Gasteiger partial charge in [0.25, 0.3) is 0 Å². The molecule has 2 aromatic rings. The Hall–Kier alpha value is -1.77. The molecule has 0 bridgehead atoms. The normalized spacial score (nSPS) is 13.6. The lowest BCUT2D eigenvalue weighted by molar-refractivity contribution is 0.174. The number of aromatic nitrogens is 1. The Morgan fingerprint density at radius 3 is 2.50 bits per heavy atom. The smallest absolute Gasteiger partial charge is 0.231 e. The van der Waals surface area contributed by atoms with Crippen LogP contribution in [0.5, 0.6) is 11.5 Å². The number of hydrogen-bond acceptors (Lipinski definition) is 3. The van der Waals surface area contributed by atoms with Crippen LogP contribution in [-0.4, -0.2) is 11.8 Å². The molecule has 1 aromatic heterocycles. The van der Waals surface area contributed by atoms with Gasteiger partial charge in [0.1, 0.15) is 5.52 Å². The number of benzene rings is 1. The average molecular weight is 243 g/mol. The summed E-state index contributed by atoms with van der Waals surface area (Å²) in [6, 6.07) is 4.30. The van der Waals surface area contributed by atoms with Crippen molar-refractivity contribution in [1.29, 1.82) is 0 Å². The number of nitrogens with zero attached hydrogens (tertiary/aromatic N) is 1. The van der Waals surface area contributed by atoms with Crippen molar-refractivity contribution >= 4 is 10.9 Å². The standard InChI is InChI=1S/C15H17NO2/c1-8(2)12-6-9(3)11-5-10(4)14-15(13(11)16-12)18-7-17-14/h5-6,8H,7H2,1-4H3. The van der Waals surface area contributed by atoms with E-state index in [-0.39, 0.29) is 0 Å². The molecule has 0 aliphatic carbocycles. The predicted octanol–water partition coefficient (Wildman–Crippen LogP) is 3.70. The first-order valence-electron chi connectivity index (χ1n) is 6.28. The third-order valence-electron chi connectivity index (χ3n) is 3.42. The van der Waals surface area contributed by atoms with Crippen LogP contribution in [0.2, 0.25) is 0 Å². The summed E-state index contributed by atoms with van der Waals surface area (Å²) in [6.07, 6.45) is 0. The molecule has 0 saturated heterocycles. The quantitative estimate of drug-likeness (QED) is 0.765. The van der Waals surface area contributed by atoms with Crippen LogP contribution in [0.1, 0.15) is 36.6 Å². The van der Waals surface area contributed by atoms with Gasteiger partial charge in [-0.3, -0.25) is 0 Å². The van der Waals surface area contributed by atoms with Gasteiger partial charge < -0.3 is 9.47 Å². The number of pyridine rings is 1. The maximum Gasteiger partial charge on any atom is 0.231 e. The van der Waals surface area contributed by atoms with Gasteiger partial charge in [-0.15, -0.1) is 0 Å². The van der Waals surface area contributed by atoms with Crippen LogP contribution < -0.4 is 9.47 Å². The molecule has 18 heavy (non-hydrogen) atoms. The molecule has 94 valence electrons. The van der Waals surface area contributed by atoms with Crippen LogP contribution in [0.25, 0.3) is 10.9 Å². The zero-order valence-electron chi connectivity index (χ0n) is 11.2. The van der Waals surface area contributed by atoms with E-state index in [9.17, 15) is 0 Å². The van der Waals surface area contributed by atoms with Gasteiger partial charge in [-0.05, 0) is 43.0 Å². The fourth-order valence-corrected chi connectivity index (χ4v) is 2.39. The molecule has 1 aromatic carbocycles. The first-order chi connectivity index (χ1) is 8.58. The highest BCUT2D eigenvalue weighted by molar-refractivity contribution is 5.91. The monoisotopic (exact) mass is 243 g/mol. The molecule has 0 unspecified atom stereocenters. The second-order valence-electron chi connectivity index (χ2n) is 5.17. The maximum atomic E-state index is 5.60. The Kier molecular flexibility index (Phi) is 2.44. The van der Waals surface area contributed by atoms with Gasteiger partial charge in [0, 0.05) is 11.1 Å². The van der Waals surface area contributed by atoms with Crippen molar-refractivity contribution in [2.45, 2.75) is 33.6 Å². The topological polar surface area (TPSA) is 31.4 Å². The van der Waals surface area contributed by atoms with Crippen molar-refractivity contribution in [2.24, 2.45) is 0 Å². The van der Waals surface area contributed by atoms with Crippen LogP contribution in [0.4, 0.5) is 0 Å². The van der Waals surface area contributed by atoms with Crippen LogP contribution >= 0.6 is 0 Å². The van der Waals surface area contributed by atoms with Crippen molar-refractivity contribution in [3.05, 3.63) is 29.0 Å². The van der Waals surface area contributed by atoms with Crippen molar-refractivity contribution < 1.29 is 9.47 Å². The second-order valence-corrected chi connectivity index (χ2v) is 5.17. The van der Waals surface area contributed by atoms with Crippen LogP contribution in [0.3, 0.4) is 0 Å². The molecule has 1 aliphatic heterocycles. The molecule has 0 N–H and O–H groups in total. The summed E-state index contributed by atoms with van der Waals surface area (Å²) < 4.78 is 11.1. The van der Waals surface area contributed by atoms with E-state index in [0.29, 0.717) is 12.7 Å². The van der Waals surface area contributed by atoms with Gasteiger partial charge in [-0.1, -0.05) is 13.8 Å². The lowest BCUT2D eigenvalue weighted by Gasteiger charge is -2.11. The predicted molar refractivity (Wildman–Crippen MR) is 71.4 cm³/mol. The van der Waals surface area contributed by atoms with E-state index < -0.39 is 0 Å². The first-order valence-corrected chi connectivity index (χ1v) is 6.28. The lowest BCUT2D eigenvalue weighted by atomic mass is 10.0. The van der Waals surface area contributed by atoms with E-state index in [1.54, 1.807) is 0 Å². The third kappa shape index (κ3) is 1.54. The molecule has 3 rings (SSSR count). The Labute approximate surface area is 107 Å². The van der Waals surface area contributed by atoms with E-state index in [1.165, 1.54) is 5.56 Å². The molecule has 3 nitrogen and oxygen atoms in total. The fraction of sp³-hybridized carbons (Fsp3) is 0.400. The van der Waals surface area contributed by atoms with Gasteiger partial charge in [-0.25, -0.2) is 4.98 Å². The minimum atomic E-state index is 0.294. The van der Waals surface area contributed by atoms with Crippen LogP contribution in [-0.2, 0) is 0 Å². The van der Waals surface area contributed by atoms with E-state index in [0.717, 1.165) is 33.7 Å². The summed E-state index contributed by atoms with van der Waals surface area (Å²) in [6.45, 7) is 8.76. The van der Waals surface area contributed by atoms with Gasteiger partial charge in [0.15, 0.2) is 11.5 Å². The summed E-state index contributed by atoms with van der Waals surface area (Å²) >= 11 is 0. The highest BCUT2D eigenvalue weighted by Gasteiger charge is 2.22. The zero-order valence-corrected chi connectivity index (χ0v) is 11.2. The lowest BCUT2D eigenvalue weighted by Crippen LogP contribution is -1.97. The molecule has 0 spiro atoms. The van der Waals surface area contributed by atoms with Gasteiger partial charge in [0.05, 0.1) is 0 Å². The molecule has 0 saturated carbocycles. The van der Waals surface area contributed by atoms with Gasteiger partial charge >= 0.3 is 0 Å². The van der Waals surface area contributed by atoms with E-state index >= 15 is 0 Å². The number of aryl methyl sites for hydroxylation is 2. The molecule has 2 heterocycles. The fourth-order valence-electron chi connectivity index (χ4n) is 2.39. The molecule has 3 heteroatoms. The summed E-state index contributed by atoms with van der Waals surface area (Å²) in [5.74, 6) is 2.05. The second kappa shape index (κ2) is 3.87. The highest BCUT2D eigenvalue weighted by atomic mass is 16.7. The Balaban J connectivity index is 2.38. The number of rotatable bonds is 1. The Morgan fingerprint density at radius 1 is 1.06 bits per heavy atom. The molecular formula is C15H17NO2. The largest absolute Gasteiger partial charge is 0.453 e. The minimum Gasteiger partial charge on any atom is -0.453 e. The van der Waals surface area contributed by atoms with E-state index in [2.05, 4.69) is 32.9 Å². The first kappa shape index (κ1) is 11.3. The molecule has 0 atom stereocenters. The van der Waals surface area contributed by atoms with E-state index in [4.69, 9.17) is 14.5 Å². The summed E-state index contributed by atoms with van der Waals surface area (Å²) in [7, 11) is 0. The average Bonchev–Trinajstić information content (AvgIpc) is 2.80. The Morgan fingerprint density at radius 2 is 1.78 bits per heavy atom. The zero-order chi connectivity index (χ0) is 12.9. The van der Waals surface area contributed by atoms with Crippen molar-refractivity contribution in [3.8, 4) is 11.5 Å². The number of fused-ring (bicyclic) bond motifs is 3. The molecular weight excluding hydrogens is 226 g/mol. The summed E-state index contributed by atoms with van der Waals surface area (Å²) in [5.41, 5.74) is 4.38. The number of hydrogen-bond donors (Lipinski definition) is 0. The van der Waals surface area contributed by atoms with Crippen molar-refractivity contribution in [2.75, 3.05) is 6.79 Å². The summed E-state index contributed by atoms with van der Waals surface area (Å²) in [4.78, 5) is 4.74. The minimum absolute atomic E-state index is 0.294. The number of ether oxygens (including phenoxy) is 2. The van der Waals surface area contributed by atoms with E-state index in [1.807, 2.05) is 6.92 Å². The maximum absolute atomic E-state index is 5.60. The highest BCUT2D eigenvalue weighted by Crippen LogP contribution is 2.42. The SMILES string of the molecule is Cc1cc2c(C)cc(C(C)C)nc2c2c1OCO2. The van der Waals surface area contributed by atoms with Crippen LogP contribution in [0, 0.1) is 13.8 Å². The Bertz CT molecular complexity index is 632. The third-order valence-corrected chi connectivity index (χ3v) is 3.42. The van der Waals surface area contributed by atoms with Crippen molar-refractivity contribution in [3.63, 3.8) is 0 Å².